The Labute approximate surface area is 473 Å². The second-order valence-electron chi connectivity index (χ2n) is 24.7. The molecule has 0 heterocycles. The Bertz CT molecular complexity index is 1650. The van der Waals surface area contributed by atoms with Gasteiger partial charge in [0.2, 0.25) is 0 Å². The van der Waals surface area contributed by atoms with Crippen LogP contribution in [0.5, 0.6) is 0 Å². The molecule has 0 spiro atoms. The van der Waals surface area contributed by atoms with Gasteiger partial charge in [-0.3, -0.25) is 28.8 Å². The number of ether oxygens (including phenoxy) is 6. The third-order valence-electron chi connectivity index (χ3n) is 13.9. The van der Waals surface area contributed by atoms with Crippen molar-refractivity contribution >= 4 is 35.8 Å². The van der Waals surface area contributed by atoms with Gasteiger partial charge in [-0.2, -0.15) is 0 Å². The molecule has 6 unspecified atom stereocenters. The average molecular weight is 1090 g/mol. The molecule has 0 bridgehead atoms. The lowest BCUT2D eigenvalue weighted by atomic mass is 9.83. The van der Waals surface area contributed by atoms with Crippen LogP contribution in [-0.2, 0) is 57.2 Å². The predicted molar refractivity (Wildman–Crippen MR) is 314 cm³/mol. The smallest absolute Gasteiger partial charge is 0.306 e. The van der Waals surface area contributed by atoms with Gasteiger partial charge in [0.05, 0.1) is 0 Å². The van der Waals surface area contributed by atoms with Crippen LogP contribution in [0.1, 0.15) is 240 Å². The summed E-state index contributed by atoms with van der Waals surface area (Å²) in [5, 5.41) is 0. The minimum Gasteiger partial charge on any atom is -0.454 e. The summed E-state index contributed by atoms with van der Waals surface area (Å²) < 4.78 is 38.8. The highest BCUT2D eigenvalue weighted by Gasteiger charge is 2.61. The summed E-state index contributed by atoms with van der Waals surface area (Å²) in [5.41, 5.74) is 6.91. The molecule has 78 heavy (non-hydrogen) atoms. The topological polar surface area (TPSA) is 158 Å². The third-order valence-corrected chi connectivity index (χ3v) is 13.9. The lowest BCUT2D eigenvalue weighted by Crippen LogP contribution is -2.69. The van der Waals surface area contributed by atoms with E-state index in [1.54, 1.807) is 0 Å². The Kier molecular flexibility index (Phi) is 35.4. The molecule has 12 nitrogen and oxygen atoms in total. The fraction of sp³-hybridized carbons (Fsp3) is 0.727. The molecular weight excluding hydrogens is 985 g/mol. The molecule has 6 atom stereocenters. The van der Waals surface area contributed by atoms with Gasteiger partial charge in [0.25, 0.3) is 0 Å². The molecule has 0 N–H and O–H groups in total. The van der Waals surface area contributed by atoms with E-state index in [0.717, 1.165) is 72.0 Å². The van der Waals surface area contributed by atoms with Crippen LogP contribution < -0.4 is 0 Å². The zero-order valence-corrected chi connectivity index (χ0v) is 52.0. The fourth-order valence-electron chi connectivity index (χ4n) is 9.38. The van der Waals surface area contributed by atoms with Gasteiger partial charge in [-0.15, -0.1) is 0 Å². The van der Waals surface area contributed by atoms with E-state index in [2.05, 4.69) is 36.5 Å². The van der Waals surface area contributed by atoms with Gasteiger partial charge in [0.1, 0.15) is 0 Å². The Hall–Kier alpha value is -4.74. The molecule has 0 radical (unpaired) electrons. The zero-order valence-electron chi connectivity index (χ0n) is 52.0. The van der Waals surface area contributed by atoms with E-state index in [9.17, 15) is 28.8 Å². The summed E-state index contributed by atoms with van der Waals surface area (Å²) in [7, 11) is 0. The number of carbonyl (C=O) groups excluding carboxylic acids is 6. The van der Waals surface area contributed by atoms with E-state index in [1.165, 1.54) is 0 Å². The van der Waals surface area contributed by atoms with Gasteiger partial charge in [0.15, 0.2) is 36.6 Å². The first kappa shape index (κ1) is 71.3. The molecule has 1 fully saturated rings. The summed E-state index contributed by atoms with van der Waals surface area (Å²) >= 11 is 0. The molecular formula is C66H108O12. The quantitative estimate of drug-likeness (QED) is 0.0333. The van der Waals surface area contributed by atoms with Gasteiger partial charge in [-0.25, -0.2) is 0 Å². The first-order valence-electron chi connectivity index (χ1n) is 29.5. The molecule has 0 aromatic rings. The van der Waals surface area contributed by atoms with E-state index in [4.69, 9.17) is 28.4 Å². The second-order valence-corrected chi connectivity index (χ2v) is 24.7. The number of allylic oxidation sites excluding steroid dienone is 12. The molecule has 0 aromatic heterocycles. The van der Waals surface area contributed by atoms with Crippen LogP contribution in [-0.4, -0.2) is 72.4 Å². The first-order chi connectivity index (χ1) is 36.6. The molecule has 1 saturated carbocycles. The zero-order chi connectivity index (χ0) is 59.1. The number of esters is 6. The largest absolute Gasteiger partial charge is 0.454 e. The van der Waals surface area contributed by atoms with E-state index in [-0.39, 0.29) is 74.0 Å². The van der Waals surface area contributed by atoms with Crippen LogP contribution in [0.25, 0.3) is 0 Å². The van der Waals surface area contributed by atoms with Crippen LogP contribution in [0, 0.1) is 35.5 Å². The van der Waals surface area contributed by atoms with Crippen molar-refractivity contribution in [2.75, 3.05) is 0 Å². The molecule has 1 aliphatic rings. The van der Waals surface area contributed by atoms with E-state index in [0.29, 0.717) is 38.5 Å². The molecule has 444 valence electrons. The Balaban J connectivity index is 4.40. The highest BCUT2D eigenvalue weighted by atomic mass is 16.7. The molecule has 0 aromatic carbocycles. The monoisotopic (exact) mass is 1090 g/mol. The highest BCUT2D eigenvalue weighted by molar-refractivity contribution is 5.74. The average Bonchev–Trinajstić information content (AvgIpc) is 3.28. The standard InChI is InChI=1S/C66H108O12/c1-43(2)25-19-31-49(13)37-55(67)73-61-62(74-56(68)38-50(14)32-20-26-44(3)4)64(76-58(70)40-52(16)34-22-28-46(7)8)66(78-60(72)42-54(18)36-24-30-48(11)12)65(77-59(71)41-53(17)35-23-29-47(9)10)63(61)75-57(69)39-51(15)33-21-27-45(5)6/h25-30,49-54,61-66H,19-24,31-42H2,1-18H3. The normalized spacial score (nSPS) is 20.1. The maximum atomic E-state index is 14.5. The summed E-state index contributed by atoms with van der Waals surface area (Å²) in [6.07, 6.45) is 10.6. The molecule has 12 heteroatoms. The Morgan fingerprint density at radius 1 is 0.256 bits per heavy atom. The number of hydrogen-bond acceptors (Lipinski definition) is 12. The summed E-state index contributed by atoms with van der Waals surface area (Å²) in [6.45, 7) is 35.8. The van der Waals surface area contributed by atoms with Crippen LogP contribution in [0.15, 0.2) is 69.9 Å². The molecule has 0 amide bonds. The first-order valence-corrected chi connectivity index (χ1v) is 29.5. The lowest BCUT2D eigenvalue weighted by Gasteiger charge is -2.47. The lowest BCUT2D eigenvalue weighted by molar-refractivity contribution is -0.262. The van der Waals surface area contributed by atoms with Crippen molar-refractivity contribution < 1.29 is 57.2 Å². The Morgan fingerprint density at radius 3 is 0.474 bits per heavy atom. The van der Waals surface area contributed by atoms with E-state index >= 15 is 0 Å². The van der Waals surface area contributed by atoms with Crippen molar-refractivity contribution in [3.63, 3.8) is 0 Å². The maximum Gasteiger partial charge on any atom is 0.306 e. The molecule has 1 aliphatic carbocycles. The summed E-state index contributed by atoms with van der Waals surface area (Å²) in [5.74, 6) is -5.05. The van der Waals surface area contributed by atoms with Gasteiger partial charge >= 0.3 is 35.8 Å². The van der Waals surface area contributed by atoms with Crippen molar-refractivity contribution in [1.29, 1.82) is 0 Å². The molecule has 0 aliphatic heterocycles. The van der Waals surface area contributed by atoms with Crippen LogP contribution in [0.3, 0.4) is 0 Å². The minimum absolute atomic E-state index is 0.0540. The fourth-order valence-corrected chi connectivity index (χ4v) is 9.38. The minimum atomic E-state index is -1.67. The SMILES string of the molecule is CC(C)=CCCC(C)CC(=O)OC1C(OC(=O)CC(C)CCC=C(C)C)C(OC(=O)CC(C)CCC=C(C)C)C(OC(=O)CC(C)CCC=C(C)C)C(OC(=O)CC(C)CCC=C(C)C)C1OC(=O)CC(C)CCC=C(C)C. The maximum absolute atomic E-state index is 14.5. The number of carbonyl (C=O) groups is 6. The van der Waals surface area contributed by atoms with Crippen molar-refractivity contribution in [2.24, 2.45) is 35.5 Å². The van der Waals surface area contributed by atoms with Crippen LogP contribution in [0.4, 0.5) is 0 Å². The summed E-state index contributed by atoms with van der Waals surface area (Å²) in [4.78, 5) is 87.0. The summed E-state index contributed by atoms with van der Waals surface area (Å²) in [6, 6.07) is 0. The van der Waals surface area contributed by atoms with Gasteiger partial charge < -0.3 is 28.4 Å². The number of hydrogen-bond donors (Lipinski definition) is 0. The van der Waals surface area contributed by atoms with Crippen molar-refractivity contribution in [3.8, 4) is 0 Å². The number of rotatable bonds is 36. The van der Waals surface area contributed by atoms with Crippen LogP contribution >= 0.6 is 0 Å². The van der Waals surface area contributed by atoms with E-state index < -0.39 is 72.4 Å². The van der Waals surface area contributed by atoms with Crippen molar-refractivity contribution in [2.45, 2.75) is 277 Å². The van der Waals surface area contributed by atoms with E-state index in [1.807, 2.05) is 125 Å². The molecule has 1 rings (SSSR count). The van der Waals surface area contributed by atoms with Crippen molar-refractivity contribution in [3.05, 3.63) is 69.9 Å². The second kappa shape index (κ2) is 38.8. The molecule has 0 saturated heterocycles. The van der Waals surface area contributed by atoms with Crippen LogP contribution in [0.2, 0.25) is 0 Å². The highest BCUT2D eigenvalue weighted by Crippen LogP contribution is 2.37. The van der Waals surface area contributed by atoms with Gasteiger partial charge in [-0.05, 0) is 196 Å². The van der Waals surface area contributed by atoms with Gasteiger partial charge in [-0.1, -0.05) is 111 Å². The third kappa shape index (κ3) is 33.0. The predicted octanol–water partition coefficient (Wildman–Crippen LogP) is 16.1. The van der Waals surface area contributed by atoms with Crippen molar-refractivity contribution in [1.82, 2.24) is 0 Å². The van der Waals surface area contributed by atoms with Gasteiger partial charge in [0, 0.05) is 38.5 Å². The Morgan fingerprint density at radius 2 is 0.372 bits per heavy atom.